The Morgan fingerprint density at radius 2 is 1.82 bits per heavy atom. The summed E-state index contributed by atoms with van der Waals surface area (Å²) in [5.74, 6) is 0. The Labute approximate surface area is 69.0 Å². The van der Waals surface area contributed by atoms with Gasteiger partial charge < -0.3 is 9.80 Å². The molecule has 0 unspecified atom stereocenters. The lowest BCUT2D eigenvalue weighted by molar-refractivity contribution is 0.164. The van der Waals surface area contributed by atoms with Crippen molar-refractivity contribution in [2.24, 2.45) is 0 Å². The molecular weight excluding hydrogens is 140 g/mol. The molecule has 0 aromatic carbocycles. The van der Waals surface area contributed by atoms with Crippen LogP contribution in [0, 0.1) is 0 Å². The highest BCUT2D eigenvalue weighted by molar-refractivity contribution is 5.74. The van der Waals surface area contributed by atoms with E-state index in [1.807, 2.05) is 27.8 Å². The monoisotopic (exact) mass is 158 g/mol. The van der Waals surface area contributed by atoms with Crippen molar-refractivity contribution in [3.63, 3.8) is 0 Å². The SMILES string of the molecule is CCN(C)C(=O)N(C)C(C)C. The molecule has 0 saturated carbocycles. The first kappa shape index (κ1) is 10.3. The molecule has 3 heteroatoms. The van der Waals surface area contributed by atoms with Crippen LogP contribution < -0.4 is 0 Å². The Hall–Kier alpha value is -0.730. The van der Waals surface area contributed by atoms with Gasteiger partial charge in [-0.2, -0.15) is 0 Å². The van der Waals surface area contributed by atoms with Gasteiger partial charge in [0, 0.05) is 26.7 Å². The first-order valence-electron chi connectivity index (χ1n) is 3.98. The molecule has 3 nitrogen and oxygen atoms in total. The Morgan fingerprint density at radius 3 is 2.09 bits per heavy atom. The fourth-order valence-electron chi connectivity index (χ4n) is 0.625. The maximum absolute atomic E-state index is 11.4. The molecule has 2 amide bonds. The van der Waals surface area contributed by atoms with Gasteiger partial charge in [0.25, 0.3) is 0 Å². The third-order valence-corrected chi connectivity index (χ3v) is 1.88. The average molecular weight is 158 g/mol. The van der Waals surface area contributed by atoms with Gasteiger partial charge in [0.05, 0.1) is 0 Å². The molecule has 0 aliphatic rings. The molecule has 0 radical (unpaired) electrons. The van der Waals surface area contributed by atoms with Gasteiger partial charge >= 0.3 is 6.03 Å². The minimum absolute atomic E-state index is 0.0856. The van der Waals surface area contributed by atoms with Gasteiger partial charge in [-0.15, -0.1) is 0 Å². The second kappa shape index (κ2) is 4.21. The lowest BCUT2D eigenvalue weighted by Gasteiger charge is -2.26. The Morgan fingerprint density at radius 1 is 1.36 bits per heavy atom. The van der Waals surface area contributed by atoms with E-state index in [0.29, 0.717) is 0 Å². The third-order valence-electron chi connectivity index (χ3n) is 1.88. The predicted octanol–water partition coefficient (Wildman–Crippen LogP) is 1.40. The summed E-state index contributed by atoms with van der Waals surface area (Å²) in [6.45, 7) is 6.73. The van der Waals surface area contributed by atoms with E-state index in [2.05, 4.69) is 0 Å². The summed E-state index contributed by atoms with van der Waals surface area (Å²) >= 11 is 0. The molecule has 0 fully saturated rings. The van der Waals surface area contributed by atoms with Gasteiger partial charge in [-0.05, 0) is 20.8 Å². The number of carbonyl (C=O) groups is 1. The van der Waals surface area contributed by atoms with Crippen LogP contribution in [-0.2, 0) is 0 Å². The number of hydrogen-bond donors (Lipinski definition) is 0. The van der Waals surface area contributed by atoms with Crippen molar-refractivity contribution in [2.75, 3.05) is 20.6 Å². The highest BCUT2D eigenvalue weighted by atomic mass is 16.2. The number of rotatable bonds is 2. The average Bonchev–Trinajstić information content (AvgIpc) is 2.00. The van der Waals surface area contributed by atoms with Gasteiger partial charge in [-0.25, -0.2) is 4.79 Å². The molecule has 0 saturated heterocycles. The quantitative estimate of drug-likeness (QED) is 0.596. The van der Waals surface area contributed by atoms with Crippen LogP contribution in [0.5, 0.6) is 0 Å². The van der Waals surface area contributed by atoms with Crippen molar-refractivity contribution in [2.45, 2.75) is 26.8 Å². The van der Waals surface area contributed by atoms with Crippen molar-refractivity contribution in [3.8, 4) is 0 Å². The summed E-state index contributed by atoms with van der Waals surface area (Å²) in [6.07, 6.45) is 0. The summed E-state index contributed by atoms with van der Waals surface area (Å²) in [7, 11) is 3.63. The van der Waals surface area contributed by atoms with Crippen LogP contribution in [-0.4, -0.2) is 42.5 Å². The largest absolute Gasteiger partial charge is 0.328 e. The van der Waals surface area contributed by atoms with E-state index in [1.165, 1.54) is 0 Å². The summed E-state index contributed by atoms with van der Waals surface area (Å²) in [5.41, 5.74) is 0. The van der Waals surface area contributed by atoms with E-state index in [9.17, 15) is 4.79 Å². The van der Waals surface area contributed by atoms with Crippen molar-refractivity contribution >= 4 is 6.03 Å². The molecule has 0 heterocycles. The molecular formula is C8H18N2O. The molecule has 0 aromatic heterocycles. The van der Waals surface area contributed by atoms with E-state index >= 15 is 0 Å². The van der Waals surface area contributed by atoms with Crippen molar-refractivity contribution < 1.29 is 4.79 Å². The molecule has 0 bridgehead atoms. The highest BCUT2D eigenvalue weighted by Crippen LogP contribution is 1.98. The predicted molar refractivity (Wildman–Crippen MR) is 46.6 cm³/mol. The topological polar surface area (TPSA) is 23.6 Å². The second-order valence-electron chi connectivity index (χ2n) is 3.00. The van der Waals surface area contributed by atoms with Gasteiger partial charge in [0.2, 0.25) is 0 Å². The van der Waals surface area contributed by atoms with Crippen LogP contribution in [0.15, 0.2) is 0 Å². The van der Waals surface area contributed by atoms with E-state index in [1.54, 1.807) is 16.8 Å². The van der Waals surface area contributed by atoms with Gasteiger partial charge in [0.1, 0.15) is 0 Å². The Balaban J connectivity index is 4.02. The second-order valence-corrected chi connectivity index (χ2v) is 3.00. The van der Waals surface area contributed by atoms with Gasteiger partial charge in [-0.3, -0.25) is 0 Å². The van der Waals surface area contributed by atoms with Gasteiger partial charge in [0.15, 0.2) is 0 Å². The fraction of sp³-hybridized carbons (Fsp3) is 0.875. The van der Waals surface area contributed by atoms with E-state index in [0.717, 1.165) is 6.54 Å². The summed E-state index contributed by atoms with van der Waals surface area (Å²) in [4.78, 5) is 14.8. The zero-order chi connectivity index (χ0) is 9.02. The smallest absolute Gasteiger partial charge is 0.319 e. The summed E-state index contributed by atoms with van der Waals surface area (Å²) in [6, 6.07) is 0.360. The van der Waals surface area contributed by atoms with Gasteiger partial charge in [-0.1, -0.05) is 0 Å². The van der Waals surface area contributed by atoms with Crippen molar-refractivity contribution in [1.29, 1.82) is 0 Å². The molecule has 11 heavy (non-hydrogen) atoms. The number of hydrogen-bond acceptors (Lipinski definition) is 1. The van der Waals surface area contributed by atoms with Crippen LogP contribution in [0.1, 0.15) is 20.8 Å². The zero-order valence-corrected chi connectivity index (χ0v) is 8.09. The third kappa shape index (κ3) is 2.78. The summed E-state index contributed by atoms with van der Waals surface area (Å²) < 4.78 is 0. The molecule has 66 valence electrons. The first-order chi connectivity index (χ1) is 5.00. The standard InChI is InChI=1S/C8H18N2O/c1-6-9(4)8(11)10(5)7(2)3/h7H,6H2,1-5H3. The molecule has 0 N–H and O–H groups in total. The zero-order valence-electron chi connectivity index (χ0n) is 8.09. The van der Waals surface area contributed by atoms with Crippen molar-refractivity contribution in [3.05, 3.63) is 0 Å². The minimum Gasteiger partial charge on any atom is -0.328 e. The maximum atomic E-state index is 11.4. The first-order valence-corrected chi connectivity index (χ1v) is 3.98. The number of amides is 2. The Bertz CT molecular complexity index is 134. The number of urea groups is 1. The minimum atomic E-state index is 0.0856. The summed E-state index contributed by atoms with van der Waals surface area (Å²) in [5, 5.41) is 0. The highest BCUT2D eigenvalue weighted by Gasteiger charge is 2.14. The van der Waals surface area contributed by atoms with Crippen LogP contribution in [0.4, 0.5) is 4.79 Å². The number of nitrogens with zero attached hydrogens (tertiary/aromatic N) is 2. The molecule has 0 atom stereocenters. The molecule has 0 rings (SSSR count). The molecule has 0 aromatic rings. The molecule has 0 aliphatic heterocycles. The van der Waals surface area contributed by atoms with E-state index < -0.39 is 0 Å². The molecule has 0 spiro atoms. The van der Waals surface area contributed by atoms with E-state index in [4.69, 9.17) is 0 Å². The van der Waals surface area contributed by atoms with Crippen molar-refractivity contribution in [1.82, 2.24) is 9.80 Å². The van der Waals surface area contributed by atoms with Crippen LogP contribution >= 0.6 is 0 Å². The lowest BCUT2D eigenvalue weighted by atomic mass is 10.3. The van der Waals surface area contributed by atoms with Crippen LogP contribution in [0.2, 0.25) is 0 Å². The van der Waals surface area contributed by atoms with E-state index in [-0.39, 0.29) is 12.1 Å². The fourth-order valence-corrected chi connectivity index (χ4v) is 0.625. The lowest BCUT2D eigenvalue weighted by Crippen LogP contribution is -2.42. The molecule has 0 aliphatic carbocycles. The maximum Gasteiger partial charge on any atom is 0.319 e. The van der Waals surface area contributed by atoms with Crippen LogP contribution in [0.25, 0.3) is 0 Å². The normalized spacial score (nSPS) is 10.0. The Kier molecular flexibility index (Phi) is 3.93. The number of carbonyl (C=O) groups excluding carboxylic acids is 1. The van der Waals surface area contributed by atoms with Crippen LogP contribution in [0.3, 0.4) is 0 Å².